The molecular formula is C11H20N2O. The van der Waals surface area contributed by atoms with Crippen LogP contribution in [0.15, 0.2) is 0 Å². The summed E-state index contributed by atoms with van der Waals surface area (Å²) in [7, 11) is 0. The summed E-state index contributed by atoms with van der Waals surface area (Å²) in [6.45, 7) is 2.97. The average molecular weight is 196 g/mol. The Morgan fingerprint density at radius 3 is 3.00 bits per heavy atom. The third-order valence-corrected chi connectivity index (χ3v) is 3.00. The monoisotopic (exact) mass is 196 g/mol. The molecule has 3 heteroatoms. The van der Waals surface area contributed by atoms with Gasteiger partial charge in [0.1, 0.15) is 0 Å². The molecule has 0 spiro atoms. The third-order valence-electron chi connectivity index (χ3n) is 3.00. The molecule has 3 atom stereocenters. The van der Waals surface area contributed by atoms with E-state index in [9.17, 15) is 0 Å². The fourth-order valence-corrected chi connectivity index (χ4v) is 2.12. The predicted octanol–water partition coefficient (Wildman–Crippen LogP) is 1.05. The van der Waals surface area contributed by atoms with Crippen molar-refractivity contribution in [3.8, 4) is 12.3 Å². The molecule has 0 amide bonds. The van der Waals surface area contributed by atoms with E-state index in [1.807, 2.05) is 0 Å². The summed E-state index contributed by atoms with van der Waals surface area (Å²) in [6, 6.07) is 0.348. The Balaban J connectivity index is 2.33. The van der Waals surface area contributed by atoms with Gasteiger partial charge in [0.05, 0.1) is 6.10 Å². The molecule has 0 saturated carbocycles. The smallest absolute Gasteiger partial charge is 0.0591 e. The second-order valence-electron chi connectivity index (χ2n) is 3.90. The molecule has 0 aromatic carbocycles. The van der Waals surface area contributed by atoms with E-state index in [0.717, 1.165) is 32.3 Å². The standard InChI is InChI=1S/C11H20N2O/c1-3-4-5-6-11(13-12)10-7-8-14-9(10)2/h1,9-11,13H,4-8,12H2,2H3. The quantitative estimate of drug-likeness (QED) is 0.299. The maximum absolute atomic E-state index is 5.54. The minimum Gasteiger partial charge on any atom is -0.378 e. The van der Waals surface area contributed by atoms with Crippen LogP contribution in [0.3, 0.4) is 0 Å². The van der Waals surface area contributed by atoms with Crippen LogP contribution in [0.25, 0.3) is 0 Å². The van der Waals surface area contributed by atoms with Crippen LogP contribution in [-0.4, -0.2) is 18.8 Å². The molecule has 0 aliphatic carbocycles. The van der Waals surface area contributed by atoms with Gasteiger partial charge in [-0.3, -0.25) is 11.3 Å². The number of nitrogens with two attached hydrogens (primary N) is 1. The van der Waals surface area contributed by atoms with Gasteiger partial charge in [0, 0.05) is 25.0 Å². The lowest BCUT2D eigenvalue weighted by atomic mass is 9.90. The molecule has 1 saturated heterocycles. The molecule has 0 bridgehead atoms. The van der Waals surface area contributed by atoms with Crippen LogP contribution in [0.2, 0.25) is 0 Å². The first-order valence-corrected chi connectivity index (χ1v) is 5.30. The second-order valence-corrected chi connectivity index (χ2v) is 3.90. The topological polar surface area (TPSA) is 47.3 Å². The Morgan fingerprint density at radius 1 is 1.71 bits per heavy atom. The molecule has 0 aromatic rings. The molecule has 0 radical (unpaired) electrons. The Morgan fingerprint density at radius 2 is 2.50 bits per heavy atom. The first-order chi connectivity index (χ1) is 6.79. The Kier molecular flexibility index (Phi) is 4.95. The van der Waals surface area contributed by atoms with Gasteiger partial charge in [-0.25, -0.2) is 0 Å². The highest BCUT2D eigenvalue weighted by Crippen LogP contribution is 2.25. The molecular weight excluding hydrogens is 176 g/mol. The lowest BCUT2D eigenvalue weighted by Gasteiger charge is -2.24. The highest BCUT2D eigenvalue weighted by Gasteiger charge is 2.30. The number of rotatable bonds is 5. The predicted molar refractivity (Wildman–Crippen MR) is 57.3 cm³/mol. The summed E-state index contributed by atoms with van der Waals surface area (Å²) < 4.78 is 5.52. The van der Waals surface area contributed by atoms with E-state index in [-0.39, 0.29) is 0 Å². The summed E-state index contributed by atoms with van der Waals surface area (Å²) in [5.41, 5.74) is 2.88. The van der Waals surface area contributed by atoms with Crippen LogP contribution < -0.4 is 11.3 Å². The van der Waals surface area contributed by atoms with Gasteiger partial charge in [-0.05, 0) is 26.2 Å². The van der Waals surface area contributed by atoms with Gasteiger partial charge in [0.15, 0.2) is 0 Å². The molecule has 1 fully saturated rings. The zero-order chi connectivity index (χ0) is 10.4. The van der Waals surface area contributed by atoms with E-state index in [4.69, 9.17) is 17.0 Å². The highest BCUT2D eigenvalue weighted by atomic mass is 16.5. The SMILES string of the molecule is C#CCCCC(NN)C1CCOC1C. The van der Waals surface area contributed by atoms with Crippen molar-refractivity contribution in [3.63, 3.8) is 0 Å². The Hall–Kier alpha value is -0.560. The van der Waals surface area contributed by atoms with Crippen LogP contribution in [0, 0.1) is 18.3 Å². The maximum Gasteiger partial charge on any atom is 0.0591 e. The summed E-state index contributed by atoms with van der Waals surface area (Å²) in [4.78, 5) is 0. The van der Waals surface area contributed by atoms with Crippen molar-refractivity contribution in [2.24, 2.45) is 11.8 Å². The molecule has 1 aliphatic rings. The molecule has 0 aromatic heterocycles. The number of unbranched alkanes of at least 4 members (excludes halogenated alkanes) is 1. The Bertz CT molecular complexity index is 200. The Labute approximate surface area is 86.4 Å². The third kappa shape index (κ3) is 2.98. The second kappa shape index (κ2) is 6.02. The van der Waals surface area contributed by atoms with Crippen LogP contribution in [0.4, 0.5) is 0 Å². The lowest BCUT2D eigenvalue weighted by Crippen LogP contribution is -2.43. The highest BCUT2D eigenvalue weighted by molar-refractivity contribution is 4.87. The van der Waals surface area contributed by atoms with Gasteiger partial charge in [-0.15, -0.1) is 12.3 Å². The number of hydrogen-bond donors (Lipinski definition) is 2. The molecule has 3 N–H and O–H groups in total. The van der Waals surface area contributed by atoms with Crippen molar-refractivity contribution in [1.29, 1.82) is 0 Å². The van der Waals surface area contributed by atoms with Gasteiger partial charge in [-0.1, -0.05) is 0 Å². The van der Waals surface area contributed by atoms with Gasteiger partial charge in [-0.2, -0.15) is 0 Å². The fourth-order valence-electron chi connectivity index (χ4n) is 2.12. The fraction of sp³-hybridized carbons (Fsp3) is 0.818. The van der Waals surface area contributed by atoms with Crippen molar-refractivity contribution >= 4 is 0 Å². The molecule has 14 heavy (non-hydrogen) atoms. The van der Waals surface area contributed by atoms with Crippen molar-refractivity contribution in [2.75, 3.05) is 6.61 Å². The van der Waals surface area contributed by atoms with Gasteiger partial charge < -0.3 is 4.74 Å². The minimum atomic E-state index is 0.321. The van der Waals surface area contributed by atoms with Crippen molar-refractivity contribution < 1.29 is 4.74 Å². The first-order valence-electron chi connectivity index (χ1n) is 5.30. The van der Waals surface area contributed by atoms with Gasteiger partial charge in [0.2, 0.25) is 0 Å². The van der Waals surface area contributed by atoms with Crippen LogP contribution >= 0.6 is 0 Å². The van der Waals surface area contributed by atoms with Crippen LogP contribution in [-0.2, 0) is 4.74 Å². The molecule has 1 heterocycles. The summed E-state index contributed by atoms with van der Waals surface area (Å²) >= 11 is 0. The molecule has 1 aliphatic heterocycles. The van der Waals surface area contributed by atoms with E-state index in [1.54, 1.807) is 0 Å². The van der Waals surface area contributed by atoms with E-state index >= 15 is 0 Å². The van der Waals surface area contributed by atoms with Gasteiger partial charge in [0.25, 0.3) is 0 Å². The van der Waals surface area contributed by atoms with Gasteiger partial charge >= 0.3 is 0 Å². The number of hydrogen-bond acceptors (Lipinski definition) is 3. The van der Waals surface area contributed by atoms with Crippen molar-refractivity contribution in [1.82, 2.24) is 5.43 Å². The number of nitrogens with one attached hydrogen (secondary N) is 1. The van der Waals surface area contributed by atoms with Crippen LogP contribution in [0.5, 0.6) is 0 Å². The normalized spacial score (nSPS) is 28.6. The number of hydrazine groups is 1. The summed E-state index contributed by atoms with van der Waals surface area (Å²) in [5.74, 6) is 8.73. The molecule has 80 valence electrons. The number of ether oxygens (including phenoxy) is 1. The zero-order valence-electron chi connectivity index (χ0n) is 8.83. The summed E-state index contributed by atoms with van der Waals surface area (Å²) in [5, 5.41) is 0. The summed E-state index contributed by atoms with van der Waals surface area (Å²) in [6.07, 6.45) is 9.55. The van der Waals surface area contributed by atoms with Crippen molar-refractivity contribution in [2.45, 2.75) is 44.8 Å². The minimum absolute atomic E-state index is 0.321. The van der Waals surface area contributed by atoms with Crippen LogP contribution in [0.1, 0.15) is 32.6 Å². The first kappa shape index (κ1) is 11.5. The average Bonchev–Trinajstić information content (AvgIpc) is 2.60. The number of terminal acetylenes is 1. The lowest BCUT2D eigenvalue weighted by molar-refractivity contribution is 0.0941. The van der Waals surface area contributed by atoms with E-state index in [0.29, 0.717) is 18.1 Å². The van der Waals surface area contributed by atoms with Crippen molar-refractivity contribution in [3.05, 3.63) is 0 Å². The molecule has 1 rings (SSSR count). The maximum atomic E-state index is 5.54. The van der Waals surface area contributed by atoms with E-state index in [2.05, 4.69) is 18.3 Å². The largest absolute Gasteiger partial charge is 0.378 e. The van der Waals surface area contributed by atoms with E-state index < -0.39 is 0 Å². The van der Waals surface area contributed by atoms with E-state index in [1.165, 1.54) is 0 Å². The zero-order valence-corrected chi connectivity index (χ0v) is 8.83. The molecule has 3 nitrogen and oxygen atoms in total. The molecule has 3 unspecified atom stereocenters.